The number of unbranched alkanes of at least 4 members (excludes halogenated alkanes) is 6. The molecule has 0 aromatic heterocycles. The van der Waals surface area contributed by atoms with Gasteiger partial charge in [-0.3, -0.25) is 4.79 Å². The number of carbonyl (C=O) groups is 1. The van der Waals surface area contributed by atoms with Crippen molar-refractivity contribution in [3.63, 3.8) is 0 Å². The molecule has 1 atom stereocenters. The summed E-state index contributed by atoms with van der Waals surface area (Å²) in [5.41, 5.74) is 5.77. The van der Waals surface area contributed by atoms with Crippen LogP contribution in [0, 0.1) is 0 Å². The number of methoxy groups -OCH3 is 1. The SMILES string of the molecule is CCCCCCCCCC(=O)NCCC(N)COC. The molecule has 3 N–H and O–H groups in total. The third-order valence-electron chi connectivity index (χ3n) is 3.23. The van der Waals surface area contributed by atoms with Gasteiger partial charge in [-0.25, -0.2) is 0 Å². The Labute approximate surface area is 118 Å². The van der Waals surface area contributed by atoms with Crippen LogP contribution in [0.25, 0.3) is 0 Å². The zero-order valence-corrected chi connectivity index (χ0v) is 12.7. The van der Waals surface area contributed by atoms with Crippen molar-refractivity contribution in [3.8, 4) is 0 Å². The highest BCUT2D eigenvalue weighted by Gasteiger charge is 2.04. The van der Waals surface area contributed by atoms with Crippen molar-refractivity contribution in [2.24, 2.45) is 5.73 Å². The number of hydrogen-bond donors (Lipinski definition) is 2. The molecule has 4 nitrogen and oxygen atoms in total. The normalized spacial score (nSPS) is 12.4. The molecule has 0 aromatic rings. The van der Waals surface area contributed by atoms with Gasteiger partial charge in [-0.05, 0) is 12.8 Å². The molecule has 0 aromatic carbocycles. The molecule has 114 valence electrons. The molecule has 0 aliphatic rings. The largest absolute Gasteiger partial charge is 0.383 e. The standard InChI is InChI=1S/C15H32N2O2/c1-3-4-5-6-7-8-9-10-15(18)17-12-11-14(16)13-19-2/h14H,3-13,16H2,1-2H3,(H,17,18). The van der Waals surface area contributed by atoms with Crippen molar-refractivity contribution in [2.75, 3.05) is 20.3 Å². The molecule has 0 spiro atoms. The molecule has 0 fully saturated rings. The lowest BCUT2D eigenvalue weighted by atomic mass is 10.1. The predicted molar refractivity (Wildman–Crippen MR) is 80.1 cm³/mol. The maximum Gasteiger partial charge on any atom is 0.219 e. The summed E-state index contributed by atoms with van der Waals surface area (Å²) in [5, 5.41) is 2.91. The second-order valence-corrected chi connectivity index (χ2v) is 5.23. The number of nitrogens with one attached hydrogen (secondary N) is 1. The van der Waals surface area contributed by atoms with Crippen LogP contribution in [0.1, 0.15) is 64.7 Å². The van der Waals surface area contributed by atoms with Gasteiger partial charge in [-0.15, -0.1) is 0 Å². The van der Waals surface area contributed by atoms with E-state index in [1.807, 2.05) is 0 Å². The zero-order valence-electron chi connectivity index (χ0n) is 12.7. The molecule has 4 heteroatoms. The minimum absolute atomic E-state index is 0.0175. The molecular weight excluding hydrogens is 240 g/mol. The summed E-state index contributed by atoms with van der Waals surface area (Å²) in [6.45, 7) is 3.43. The highest BCUT2D eigenvalue weighted by molar-refractivity contribution is 5.75. The molecule has 0 heterocycles. The van der Waals surface area contributed by atoms with E-state index in [0.29, 0.717) is 19.6 Å². The molecule has 0 bridgehead atoms. The van der Waals surface area contributed by atoms with Crippen LogP contribution in [-0.2, 0) is 9.53 Å². The van der Waals surface area contributed by atoms with Crippen molar-refractivity contribution < 1.29 is 9.53 Å². The number of nitrogens with two attached hydrogens (primary N) is 1. The Hall–Kier alpha value is -0.610. The van der Waals surface area contributed by atoms with Crippen LogP contribution >= 0.6 is 0 Å². The van der Waals surface area contributed by atoms with Crippen molar-refractivity contribution >= 4 is 5.91 Å². The number of rotatable bonds is 13. The van der Waals surface area contributed by atoms with E-state index in [4.69, 9.17) is 10.5 Å². The van der Waals surface area contributed by atoms with E-state index >= 15 is 0 Å². The van der Waals surface area contributed by atoms with Gasteiger partial charge in [0.1, 0.15) is 0 Å². The Balaban J connectivity index is 3.25. The van der Waals surface area contributed by atoms with E-state index in [9.17, 15) is 4.79 Å². The van der Waals surface area contributed by atoms with Crippen LogP contribution < -0.4 is 11.1 Å². The van der Waals surface area contributed by atoms with E-state index in [1.165, 1.54) is 38.5 Å². The first-order chi connectivity index (χ1) is 9.20. The Morgan fingerprint density at radius 2 is 1.79 bits per heavy atom. The third-order valence-corrected chi connectivity index (χ3v) is 3.23. The number of ether oxygens (including phenoxy) is 1. The highest BCUT2D eigenvalue weighted by Crippen LogP contribution is 2.08. The average molecular weight is 272 g/mol. The maximum absolute atomic E-state index is 11.5. The van der Waals surface area contributed by atoms with E-state index in [0.717, 1.165) is 12.8 Å². The number of carbonyl (C=O) groups excluding carboxylic acids is 1. The van der Waals surface area contributed by atoms with E-state index in [-0.39, 0.29) is 11.9 Å². The zero-order chi connectivity index (χ0) is 14.3. The van der Waals surface area contributed by atoms with Crippen LogP contribution in [0.4, 0.5) is 0 Å². The second kappa shape index (κ2) is 13.8. The summed E-state index contributed by atoms with van der Waals surface area (Å²) in [5.74, 6) is 0.151. The van der Waals surface area contributed by atoms with Crippen molar-refractivity contribution in [1.82, 2.24) is 5.32 Å². The van der Waals surface area contributed by atoms with Gasteiger partial charge in [-0.2, -0.15) is 0 Å². The van der Waals surface area contributed by atoms with Crippen LogP contribution in [0.5, 0.6) is 0 Å². The minimum atomic E-state index is 0.0175. The lowest BCUT2D eigenvalue weighted by Gasteiger charge is -2.10. The van der Waals surface area contributed by atoms with E-state index < -0.39 is 0 Å². The molecule has 0 aliphatic carbocycles. The van der Waals surface area contributed by atoms with E-state index in [2.05, 4.69) is 12.2 Å². The van der Waals surface area contributed by atoms with Gasteiger partial charge >= 0.3 is 0 Å². The first-order valence-corrected chi connectivity index (χ1v) is 7.72. The summed E-state index contributed by atoms with van der Waals surface area (Å²) < 4.78 is 4.94. The molecule has 0 rings (SSSR count). The Morgan fingerprint density at radius 1 is 1.16 bits per heavy atom. The Bertz CT molecular complexity index is 210. The third kappa shape index (κ3) is 13.6. The molecule has 0 saturated heterocycles. The van der Waals surface area contributed by atoms with Gasteiger partial charge in [0.2, 0.25) is 5.91 Å². The van der Waals surface area contributed by atoms with Crippen LogP contribution in [-0.4, -0.2) is 32.2 Å². The van der Waals surface area contributed by atoms with Crippen molar-refractivity contribution in [3.05, 3.63) is 0 Å². The second-order valence-electron chi connectivity index (χ2n) is 5.23. The minimum Gasteiger partial charge on any atom is -0.383 e. The maximum atomic E-state index is 11.5. The fraction of sp³-hybridized carbons (Fsp3) is 0.933. The van der Waals surface area contributed by atoms with Gasteiger partial charge in [0.05, 0.1) is 6.61 Å². The fourth-order valence-electron chi connectivity index (χ4n) is 2.03. The molecule has 0 aliphatic heterocycles. The number of hydrogen-bond acceptors (Lipinski definition) is 3. The Morgan fingerprint density at radius 3 is 2.42 bits per heavy atom. The molecule has 19 heavy (non-hydrogen) atoms. The highest BCUT2D eigenvalue weighted by atomic mass is 16.5. The Kier molecular flexibility index (Phi) is 13.4. The van der Waals surface area contributed by atoms with Gasteiger partial charge in [0, 0.05) is 26.1 Å². The van der Waals surface area contributed by atoms with Crippen molar-refractivity contribution in [2.45, 2.75) is 70.8 Å². The average Bonchev–Trinajstić information content (AvgIpc) is 2.38. The molecule has 1 unspecified atom stereocenters. The van der Waals surface area contributed by atoms with Crippen LogP contribution in [0.2, 0.25) is 0 Å². The first-order valence-electron chi connectivity index (χ1n) is 7.72. The number of amides is 1. The van der Waals surface area contributed by atoms with Gasteiger partial charge in [0.15, 0.2) is 0 Å². The summed E-state index contributed by atoms with van der Waals surface area (Å²) in [4.78, 5) is 11.5. The first kappa shape index (κ1) is 18.4. The molecule has 0 radical (unpaired) electrons. The van der Waals surface area contributed by atoms with Crippen LogP contribution in [0.3, 0.4) is 0 Å². The van der Waals surface area contributed by atoms with Gasteiger partial charge < -0.3 is 15.8 Å². The van der Waals surface area contributed by atoms with E-state index in [1.54, 1.807) is 7.11 Å². The summed E-state index contributed by atoms with van der Waals surface area (Å²) in [7, 11) is 1.64. The van der Waals surface area contributed by atoms with Crippen molar-refractivity contribution in [1.29, 1.82) is 0 Å². The fourth-order valence-corrected chi connectivity index (χ4v) is 2.03. The predicted octanol–water partition coefficient (Wildman–Crippen LogP) is 2.61. The quantitative estimate of drug-likeness (QED) is 0.507. The monoisotopic (exact) mass is 272 g/mol. The molecule has 0 saturated carbocycles. The summed E-state index contributed by atoms with van der Waals surface area (Å²) in [6.07, 6.45) is 10.1. The van der Waals surface area contributed by atoms with Gasteiger partial charge in [0.25, 0.3) is 0 Å². The lowest BCUT2D eigenvalue weighted by Crippen LogP contribution is -2.32. The molecule has 1 amide bonds. The summed E-state index contributed by atoms with van der Waals surface area (Å²) in [6, 6.07) is 0.0175. The van der Waals surface area contributed by atoms with Gasteiger partial charge in [-0.1, -0.05) is 45.4 Å². The summed E-state index contributed by atoms with van der Waals surface area (Å²) >= 11 is 0. The molecular formula is C15H32N2O2. The smallest absolute Gasteiger partial charge is 0.219 e. The van der Waals surface area contributed by atoms with Crippen LogP contribution in [0.15, 0.2) is 0 Å². The topological polar surface area (TPSA) is 64.4 Å². The lowest BCUT2D eigenvalue weighted by molar-refractivity contribution is -0.121.